The van der Waals surface area contributed by atoms with E-state index in [-0.39, 0.29) is 11.6 Å². The van der Waals surface area contributed by atoms with Gasteiger partial charge in [-0.2, -0.15) is 0 Å². The number of anilines is 1. The predicted molar refractivity (Wildman–Crippen MR) is 133 cm³/mol. The molecule has 1 heterocycles. The minimum absolute atomic E-state index is 0.159. The molecule has 34 heavy (non-hydrogen) atoms. The lowest BCUT2D eigenvalue weighted by Crippen LogP contribution is -2.23. The van der Waals surface area contributed by atoms with Gasteiger partial charge in [0.2, 0.25) is 0 Å². The molecule has 0 unspecified atom stereocenters. The van der Waals surface area contributed by atoms with Gasteiger partial charge in [0.25, 0.3) is 0 Å². The van der Waals surface area contributed by atoms with Crippen LogP contribution < -0.4 is 11.1 Å². The molecule has 3 N–H and O–H groups in total. The minimum atomic E-state index is -0.178. The Morgan fingerprint density at radius 1 is 0.618 bits per heavy atom. The summed E-state index contributed by atoms with van der Waals surface area (Å²) in [5.74, 6) is -0.337. The van der Waals surface area contributed by atoms with Gasteiger partial charge < -0.3 is 11.1 Å². The van der Waals surface area contributed by atoms with Gasteiger partial charge in [-0.3, -0.25) is 9.59 Å². The van der Waals surface area contributed by atoms with Crippen LogP contribution in [0.4, 0.5) is 5.69 Å². The number of para-hydroxylation sites is 3. The van der Waals surface area contributed by atoms with Gasteiger partial charge in [-0.1, -0.05) is 48.5 Å². The molecular weight excluding hydrogens is 424 g/mol. The van der Waals surface area contributed by atoms with E-state index in [1.165, 1.54) is 0 Å². The first-order valence-corrected chi connectivity index (χ1v) is 11.1. The van der Waals surface area contributed by atoms with Gasteiger partial charge in [-0.15, -0.1) is 0 Å². The molecule has 0 saturated heterocycles. The maximum absolute atomic E-state index is 13.8. The lowest BCUT2D eigenvalue weighted by Gasteiger charge is -2.23. The highest BCUT2D eigenvalue weighted by Crippen LogP contribution is 2.41. The van der Waals surface area contributed by atoms with E-state index in [4.69, 9.17) is 15.7 Å². The topological polar surface area (TPSA) is 98.0 Å². The molecule has 0 bridgehead atoms. The molecule has 0 aliphatic heterocycles. The normalized spacial score (nSPS) is 12.6. The highest BCUT2D eigenvalue weighted by Gasteiger charge is 2.33. The molecule has 6 heteroatoms. The van der Waals surface area contributed by atoms with Gasteiger partial charge in [0.15, 0.2) is 11.6 Å². The standard InChI is InChI=1S/C28H20N4O2/c29-14-15-30-22-13-12-19-25(28(34)17-7-2-1-6-16(17)27(19)33)24(22)18-8-5-11-23-26(18)32-21-10-4-3-9-20(21)31-23/h1-13,30H,14-15,29H2. The summed E-state index contributed by atoms with van der Waals surface area (Å²) in [7, 11) is 0. The van der Waals surface area contributed by atoms with Crippen molar-refractivity contribution in [3.05, 3.63) is 101 Å². The van der Waals surface area contributed by atoms with Crippen molar-refractivity contribution in [2.45, 2.75) is 0 Å². The Morgan fingerprint density at radius 2 is 1.26 bits per heavy atom. The molecule has 6 rings (SSSR count). The van der Waals surface area contributed by atoms with Crippen LogP contribution in [0.1, 0.15) is 31.8 Å². The fourth-order valence-electron chi connectivity index (χ4n) is 4.66. The number of carbonyl (C=O) groups excluding carboxylic acids is 2. The monoisotopic (exact) mass is 444 g/mol. The van der Waals surface area contributed by atoms with E-state index in [9.17, 15) is 9.59 Å². The van der Waals surface area contributed by atoms with Crippen LogP contribution in [0, 0.1) is 0 Å². The van der Waals surface area contributed by atoms with E-state index in [1.54, 1.807) is 30.3 Å². The summed E-state index contributed by atoms with van der Waals surface area (Å²) in [6.07, 6.45) is 0. The van der Waals surface area contributed by atoms with Crippen LogP contribution in [-0.4, -0.2) is 34.6 Å². The van der Waals surface area contributed by atoms with Crippen LogP contribution in [-0.2, 0) is 0 Å². The number of carbonyl (C=O) groups is 2. The molecule has 6 nitrogen and oxygen atoms in total. The molecule has 0 amide bonds. The van der Waals surface area contributed by atoms with E-state index in [1.807, 2.05) is 48.5 Å². The number of rotatable bonds is 4. The molecule has 1 aliphatic rings. The Bertz CT molecular complexity index is 1640. The van der Waals surface area contributed by atoms with Crippen LogP contribution in [0.2, 0.25) is 0 Å². The second kappa shape index (κ2) is 7.86. The number of benzene rings is 4. The molecule has 0 spiro atoms. The van der Waals surface area contributed by atoms with Crippen molar-refractivity contribution >= 4 is 39.3 Å². The first kappa shape index (κ1) is 20.2. The van der Waals surface area contributed by atoms with Crippen molar-refractivity contribution in [3.8, 4) is 11.1 Å². The minimum Gasteiger partial charge on any atom is -0.383 e. The van der Waals surface area contributed by atoms with Crippen LogP contribution in [0.3, 0.4) is 0 Å². The van der Waals surface area contributed by atoms with E-state index in [2.05, 4.69) is 5.32 Å². The third-order valence-corrected chi connectivity index (χ3v) is 6.19. The molecule has 0 radical (unpaired) electrons. The summed E-state index contributed by atoms with van der Waals surface area (Å²) < 4.78 is 0. The van der Waals surface area contributed by atoms with E-state index >= 15 is 0 Å². The molecular formula is C28H20N4O2. The third-order valence-electron chi connectivity index (χ3n) is 6.19. The average molecular weight is 444 g/mol. The van der Waals surface area contributed by atoms with Crippen LogP contribution in [0.5, 0.6) is 0 Å². The maximum atomic E-state index is 13.8. The molecule has 1 aromatic heterocycles. The number of hydrogen-bond acceptors (Lipinski definition) is 6. The van der Waals surface area contributed by atoms with Gasteiger partial charge in [0.05, 0.1) is 22.1 Å². The molecule has 0 atom stereocenters. The Balaban J connectivity index is 1.70. The second-order valence-electron chi connectivity index (χ2n) is 8.22. The Hall–Kier alpha value is -4.42. The van der Waals surface area contributed by atoms with Crippen molar-refractivity contribution < 1.29 is 9.59 Å². The van der Waals surface area contributed by atoms with Crippen LogP contribution >= 0.6 is 0 Å². The summed E-state index contributed by atoms with van der Waals surface area (Å²) in [6, 6.07) is 23.9. The van der Waals surface area contributed by atoms with Gasteiger partial charge >= 0.3 is 0 Å². The third kappa shape index (κ3) is 3.00. The Labute approximate surface area is 195 Å². The quantitative estimate of drug-likeness (QED) is 0.386. The average Bonchev–Trinajstić information content (AvgIpc) is 2.88. The highest BCUT2D eigenvalue weighted by atomic mass is 16.1. The van der Waals surface area contributed by atoms with Gasteiger partial charge in [0, 0.05) is 52.2 Å². The summed E-state index contributed by atoms with van der Waals surface area (Å²) in [4.78, 5) is 36.8. The highest BCUT2D eigenvalue weighted by molar-refractivity contribution is 6.31. The van der Waals surface area contributed by atoms with E-state index in [0.717, 1.165) is 22.3 Å². The second-order valence-corrected chi connectivity index (χ2v) is 8.22. The zero-order valence-electron chi connectivity index (χ0n) is 18.2. The lowest BCUT2D eigenvalue weighted by molar-refractivity contribution is 0.0979. The molecule has 0 saturated carbocycles. The smallest absolute Gasteiger partial charge is 0.195 e. The zero-order chi connectivity index (χ0) is 23.2. The number of nitrogens with two attached hydrogens (primary N) is 1. The van der Waals surface area contributed by atoms with Crippen molar-refractivity contribution in [2.24, 2.45) is 5.73 Å². The number of aromatic nitrogens is 2. The number of fused-ring (bicyclic) bond motifs is 4. The number of nitrogens with one attached hydrogen (secondary N) is 1. The molecule has 4 aromatic carbocycles. The number of hydrogen-bond donors (Lipinski definition) is 2. The largest absolute Gasteiger partial charge is 0.383 e. The van der Waals surface area contributed by atoms with Gasteiger partial charge in [0.1, 0.15) is 0 Å². The molecule has 1 aliphatic carbocycles. The van der Waals surface area contributed by atoms with Crippen LogP contribution in [0.15, 0.2) is 78.9 Å². The summed E-state index contributed by atoms with van der Waals surface area (Å²) >= 11 is 0. The summed E-state index contributed by atoms with van der Waals surface area (Å²) in [5.41, 5.74) is 12.4. The lowest BCUT2D eigenvalue weighted by atomic mass is 9.79. The first-order valence-electron chi connectivity index (χ1n) is 11.1. The zero-order valence-corrected chi connectivity index (χ0v) is 18.2. The van der Waals surface area contributed by atoms with Gasteiger partial charge in [-0.05, 0) is 30.3 Å². The summed E-state index contributed by atoms with van der Waals surface area (Å²) in [6.45, 7) is 0.941. The molecule has 0 fully saturated rings. The Kier molecular flexibility index (Phi) is 4.67. The van der Waals surface area contributed by atoms with Crippen molar-refractivity contribution in [3.63, 3.8) is 0 Å². The van der Waals surface area contributed by atoms with Crippen molar-refractivity contribution in [2.75, 3.05) is 18.4 Å². The first-order chi connectivity index (χ1) is 16.7. The van der Waals surface area contributed by atoms with Crippen LogP contribution in [0.25, 0.3) is 33.2 Å². The van der Waals surface area contributed by atoms with Gasteiger partial charge in [-0.25, -0.2) is 9.97 Å². The molecule has 5 aromatic rings. The number of ketones is 2. The maximum Gasteiger partial charge on any atom is 0.195 e. The fourth-order valence-corrected chi connectivity index (χ4v) is 4.66. The summed E-state index contributed by atoms with van der Waals surface area (Å²) in [5, 5.41) is 3.34. The van der Waals surface area contributed by atoms with Crippen molar-refractivity contribution in [1.29, 1.82) is 0 Å². The SMILES string of the molecule is NCCNc1ccc2c(c1-c1cccc3nc4ccccc4nc13)C(=O)c1ccccc1C2=O. The fraction of sp³-hybridized carbons (Fsp3) is 0.0714. The van der Waals surface area contributed by atoms with E-state index in [0.29, 0.717) is 51.9 Å². The Morgan fingerprint density at radius 3 is 2.03 bits per heavy atom. The number of nitrogens with zero attached hydrogens (tertiary/aromatic N) is 2. The van der Waals surface area contributed by atoms with E-state index < -0.39 is 0 Å². The van der Waals surface area contributed by atoms with Crippen molar-refractivity contribution in [1.82, 2.24) is 9.97 Å². The molecule has 164 valence electrons. The predicted octanol–water partition coefficient (Wildman–Crippen LogP) is 4.60.